The predicted octanol–water partition coefficient (Wildman–Crippen LogP) is 3.16. The lowest BCUT2D eigenvalue weighted by Crippen LogP contribution is -2.46. The molecule has 0 radical (unpaired) electrons. The van der Waals surface area contributed by atoms with Crippen LogP contribution in [0.1, 0.15) is 48.2 Å². The Morgan fingerprint density at radius 3 is 2.59 bits per heavy atom. The van der Waals surface area contributed by atoms with Crippen LogP contribution in [0, 0.1) is 0 Å². The Bertz CT molecular complexity index is 917. The number of fused-ring (bicyclic) bond motifs is 2. The van der Waals surface area contributed by atoms with E-state index in [2.05, 4.69) is 37.4 Å². The number of carbonyl (C=O) groups excluding carboxylic acids is 1. The summed E-state index contributed by atoms with van der Waals surface area (Å²) in [4.78, 5) is 14.6. The third kappa shape index (κ3) is 3.77. The number of amides is 1. The van der Waals surface area contributed by atoms with Crippen LogP contribution in [-0.4, -0.2) is 46.8 Å². The average Bonchev–Trinajstić information content (AvgIpc) is 3.06. The van der Waals surface area contributed by atoms with Crippen LogP contribution < -0.4 is 10.1 Å². The van der Waals surface area contributed by atoms with Crippen molar-refractivity contribution < 1.29 is 19.7 Å². The van der Waals surface area contributed by atoms with E-state index in [0.717, 1.165) is 25.1 Å². The molecule has 1 saturated heterocycles. The number of carbonyl (C=O) groups is 1. The second-order valence-corrected chi connectivity index (χ2v) is 8.43. The first-order chi connectivity index (χ1) is 13.9. The van der Waals surface area contributed by atoms with E-state index < -0.39 is 0 Å². The molecule has 29 heavy (non-hydrogen) atoms. The fraction of sp³-hybridized carbons (Fsp3) is 0.435. The smallest absolute Gasteiger partial charge is 0.253 e. The maximum atomic E-state index is 12.8. The standard InChI is InChI=1S/C23H28N2O4/c1-15(2)24-13-16-3-6-21-18(11-16)23(14-29-21)7-9-25(10-8-23)22(28)17-4-5-19(26)20(27)12-17/h3-6,11-12,15,24,26-27H,7-10,13-14H2,1-2H3. The van der Waals surface area contributed by atoms with Crippen molar-refractivity contribution in [2.45, 2.75) is 44.7 Å². The Balaban J connectivity index is 1.48. The predicted molar refractivity (Wildman–Crippen MR) is 110 cm³/mol. The lowest BCUT2D eigenvalue weighted by Gasteiger charge is -2.38. The van der Waals surface area contributed by atoms with Gasteiger partial charge in [-0.25, -0.2) is 0 Å². The van der Waals surface area contributed by atoms with Gasteiger partial charge in [0.2, 0.25) is 0 Å². The van der Waals surface area contributed by atoms with Crippen LogP contribution in [0.25, 0.3) is 0 Å². The van der Waals surface area contributed by atoms with Crippen LogP contribution in [0.2, 0.25) is 0 Å². The number of phenols is 2. The molecule has 0 aliphatic carbocycles. The molecule has 2 aromatic rings. The number of nitrogens with zero attached hydrogens (tertiary/aromatic N) is 1. The van der Waals surface area contributed by atoms with E-state index in [0.29, 0.717) is 31.3 Å². The highest BCUT2D eigenvalue weighted by molar-refractivity contribution is 5.95. The summed E-state index contributed by atoms with van der Waals surface area (Å²) < 4.78 is 6.00. The van der Waals surface area contributed by atoms with E-state index in [1.165, 1.54) is 23.3 Å². The molecule has 2 heterocycles. The first kappa shape index (κ1) is 19.6. The number of hydrogen-bond acceptors (Lipinski definition) is 5. The van der Waals surface area contributed by atoms with Crippen molar-refractivity contribution in [1.29, 1.82) is 0 Å². The first-order valence-corrected chi connectivity index (χ1v) is 10.2. The molecule has 2 aliphatic rings. The number of aromatic hydroxyl groups is 2. The van der Waals surface area contributed by atoms with Crippen LogP contribution in [0.5, 0.6) is 17.2 Å². The van der Waals surface area contributed by atoms with Gasteiger partial charge in [0.05, 0.1) is 6.61 Å². The topological polar surface area (TPSA) is 82.0 Å². The van der Waals surface area contributed by atoms with Crippen LogP contribution in [0.15, 0.2) is 36.4 Å². The minimum Gasteiger partial charge on any atom is -0.504 e. The second-order valence-electron chi connectivity index (χ2n) is 8.43. The molecule has 0 saturated carbocycles. The maximum absolute atomic E-state index is 12.8. The number of nitrogens with one attached hydrogen (secondary N) is 1. The van der Waals surface area contributed by atoms with Gasteiger partial charge in [-0.2, -0.15) is 0 Å². The summed E-state index contributed by atoms with van der Waals surface area (Å²) in [5.41, 5.74) is 2.86. The van der Waals surface area contributed by atoms with Crippen LogP contribution in [0.4, 0.5) is 0 Å². The molecule has 6 nitrogen and oxygen atoms in total. The van der Waals surface area contributed by atoms with E-state index in [-0.39, 0.29) is 22.8 Å². The number of phenolic OH excluding ortho intramolecular Hbond substituents is 2. The summed E-state index contributed by atoms with van der Waals surface area (Å²) in [5.74, 6) is 0.345. The number of likely N-dealkylation sites (tertiary alicyclic amines) is 1. The number of ether oxygens (including phenoxy) is 1. The summed E-state index contributed by atoms with van der Waals surface area (Å²) in [6.45, 7) is 7.04. The Morgan fingerprint density at radius 1 is 1.14 bits per heavy atom. The zero-order valence-electron chi connectivity index (χ0n) is 16.9. The van der Waals surface area contributed by atoms with Crippen LogP contribution in [0.3, 0.4) is 0 Å². The summed E-state index contributed by atoms with van der Waals surface area (Å²) in [6.07, 6.45) is 1.69. The minimum absolute atomic E-state index is 0.0446. The molecule has 6 heteroatoms. The monoisotopic (exact) mass is 396 g/mol. The van der Waals surface area contributed by atoms with Crippen molar-refractivity contribution in [3.63, 3.8) is 0 Å². The molecule has 1 fully saturated rings. The van der Waals surface area contributed by atoms with Crippen molar-refractivity contribution in [3.05, 3.63) is 53.1 Å². The van der Waals surface area contributed by atoms with Gasteiger partial charge in [-0.15, -0.1) is 0 Å². The van der Waals surface area contributed by atoms with Crippen LogP contribution >= 0.6 is 0 Å². The Kier molecular flexibility index (Phi) is 5.13. The molecule has 3 N–H and O–H groups in total. The van der Waals surface area contributed by atoms with Gasteiger partial charge in [-0.1, -0.05) is 26.0 Å². The number of hydrogen-bond donors (Lipinski definition) is 3. The third-order valence-corrected chi connectivity index (χ3v) is 6.06. The highest BCUT2D eigenvalue weighted by atomic mass is 16.5. The molecule has 0 aromatic heterocycles. The van der Waals surface area contributed by atoms with Gasteiger partial charge >= 0.3 is 0 Å². The van der Waals surface area contributed by atoms with Crippen molar-refractivity contribution in [3.8, 4) is 17.2 Å². The summed E-state index contributed by atoms with van der Waals surface area (Å²) in [7, 11) is 0. The highest BCUT2D eigenvalue weighted by Crippen LogP contribution is 2.46. The summed E-state index contributed by atoms with van der Waals surface area (Å²) in [5, 5.41) is 22.6. The zero-order valence-corrected chi connectivity index (χ0v) is 16.9. The van der Waals surface area contributed by atoms with Gasteiger partial charge in [-0.3, -0.25) is 4.79 Å². The number of rotatable bonds is 4. The molecule has 1 spiro atoms. The summed E-state index contributed by atoms with van der Waals surface area (Å²) in [6, 6.07) is 11.1. The van der Waals surface area contributed by atoms with Crippen molar-refractivity contribution >= 4 is 5.91 Å². The number of benzene rings is 2. The molecule has 2 aliphatic heterocycles. The first-order valence-electron chi connectivity index (χ1n) is 10.2. The largest absolute Gasteiger partial charge is 0.504 e. The van der Waals surface area contributed by atoms with E-state index in [9.17, 15) is 15.0 Å². The van der Waals surface area contributed by atoms with E-state index in [1.54, 1.807) is 6.07 Å². The Hall–Kier alpha value is -2.73. The van der Waals surface area contributed by atoms with Crippen LogP contribution in [-0.2, 0) is 12.0 Å². The van der Waals surface area contributed by atoms with Crippen molar-refractivity contribution in [1.82, 2.24) is 10.2 Å². The van der Waals surface area contributed by atoms with Crippen molar-refractivity contribution in [2.24, 2.45) is 0 Å². The van der Waals surface area contributed by atoms with E-state index >= 15 is 0 Å². The molecular formula is C23H28N2O4. The van der Waals surface area contributed by atoms with Gasteiger partial charge in [-0.05, 0) is 42.7 Å². The normalized spacial score (nSPS) is 17.4. The van der Waals surface area contributed by atoms with E-state index in [4.69, 9.17) is 4.74 Å². The molecule has 1 amide bonds. The fourth-order valence-electron chi connectivity index (χ4n) is 4.23. The highest BCUT2D eigenvalue weighted by Gasteiger charge is 2.44. The van der Waals surface area contributed by atoms with Crippen molar-refractivity contribution in [2.75, 3.05) is 19.7 Å². The lowest BCUT2D eigenvalue weighted by atomic mass is 9.74. The zero-order chi connectivity index (χ0) is 20.6. The Labute approximate surface area is 171 Å². The third-order valence-electron chi connectivity index (χ3n) is 6.06. The minimum atomic E-state index is -0.273. The summed E-state index contributed by atoms with van der Waals surface area (Å²) >= 11 is 0. The quantitative estimate of drug-likeness (QED) is 0.692. The van der Waals surface area contributed by atoms with Gasteiger partial charge in [0.25, 0.3) is 5.91 Å². The molecule has 2 aromatic carbocycles. The SMILES string of the molecule is CC(C)NCc1ccc2c(c1)C1(CCN(C(=O)c3ccc(O)c(O)c3)CC1)CO2. The number of piperidine rings is 1. The van der Waals surface area contributed by atoms with Gasteiger partial charge < -0.3 is 25.2 Å². The average molecular weight is 396 g/mol. The molecular weight excluding hydrogens is 368 g/mol. The van der Waals surface area contributed by atoms with E-state index in [1.807, 2.05) is 4.90 Å². The van der Waals surface area contributed by atoms with Gasteiger partial charge in [0.15, 0.2) is 11.5 Å². The molecule has 154 valence electrons. The Morgan fingerprint density at radius 2 is 1.90 bits per heavy atom. The fourth-order valence-corrected chi connectivity index (χ4v) is 4.23. The van der Waals surface area contributed by atoms with Gasteiger partial charge in [0, 0.05) is 42.2 Å². The second kappa shape index (κ2) is 7.59. The van der Waals surface area contributed by atoms with Gasteiger partial charge in [0.1, 0.15) is 5.75 Å². The molecule has 0 atom stereocenters. The molecule has 0 unspecified atom stereocenters. The molecule has 4 rings (SSSR count). The lowest BCUT2D eigenvalue weighted by molar-refractivity contribution is 0.0646. The maximum Gasteiger partial charge on any atom is 0.253 e. The molecule has 0 bridgehead atoms.